The number of benzene rings is 2. The first-order chi connectivity index (χ1) is 16.5. The number of nitrogens with zero attached hydrogens (tertiary/aromatic N) is 1. The van der Waals surface area contributed by atoms with Gasteiger partial charge in [0.25, 0.3) is 5.91 Å². The minimum Gasteiger partial charge on any atom is -0.434 e. The van der Waals surface area contributed by atoms with Crippen molar-refractivity contribution >= 4 is 23.6 Å². The van der Waals surface area contributed by atoms with Crippen LogP contribution in [0.4, 0.5) is 0 Å². The van der Waals surface area contributed by atoms with Crippen LogP contribution in [0.5, 0.6) is 0 Å². The van der Waals surface area contributed by atoms with E-state index in [1.807, 2.05) is 55.6 Å². The quantitative estimate of drug-likeness (QED) is 0.267. The van der Waals surface area contributed by atoms with Crippen LogP contribution < -0.4 is 10.6 Å². The molecule has 1 heterocycles. The molecular formula is C26H30N4O3S. The van der Waals surface area contributed by atoms with Crippen molar-refractivity contribution in [1.29, 1.82) is 0 Å². The van der Waals surface area contributed by atoms with Gasteiger partial charge in [0.1, 0.15) is 6.04 Å². The van der Waals surface area contributed by atoms with Crippen molar-refractivity contribution in [1.82, 2.24) is 20.6 Å². The Labute approximate surface area is 204 Å². The number of H-pyrrole nitrogens is 1. The molecule has 0 fully saturated rings. The van der Waals surface area contributed by atoms with Crippen LogP contribution in [-0.4, -0.2) is 39.9 Å². The fourth-order valence-corrected chi connectivity index (χ4v) is 4.08. The number of aryl methyl sites for hydroxylation is 1. The zero-order chi connectivity index (χ0) is 24.3. The fraction of sp³-hybridized carbons (Fsp3) is 0.269. The summed E-state index contributed by atoms with van der Waals surface area (Å²) in [4.78, 5) is 32.8. The highest BCUT2D eigenvalue weighted by atomic mass is 32.2. The molecule has 8 heteroatoms. The normalized spacial score (nSPS) is 11.6. The third-order valence-corrected chi connectivity index (χ3v) is 6.01. The molecule has 0 unspecified atom stereocenters. The van der Waals surface area contributed by atoms with Gasteiger partial charge in [-0.25, -0.2) is 9.78 Å². The van der Waals surface area contributed by atoms with Crippen molar-refractivity contribution in [3.05, 3.63) is 90.2 Å². The molecule has 0 aliphatic heterocycles. The molecule has 3 N–H and O–H groups in total. The summed E-state index contributed by atoms with van der Waals surface area (Å²) in [7, 11) is 0. The number of carbonyl (C=O) groups excluding carboxylic acids is 2. The lowest BCUT2D eigenvalue weighted by Crippen LogP contribution is -2.42. The van der Waals surface area contributed by atoms with Crippen molar-refractivity contribution in [2.24, 2.45) is 0 Å². The first-order valence-corrected chi connectivity index (χ1v) is 12.4. The number of hydrogen-bond donors (Lipinski definition) is 3. The molecule has 3 aromatic rings. The lowest BCUT2D eigenvalue weighted by Gasteiger charge is -2.19. The Morgan fingerprint density at radius 1 is 1.21 bits per heavy atom. The first-order valence-electron chi connectivity index (χ1n) is 11.0. The van der Waals surface area contributed by atoms with Gasteiger partial charge in [0.15, 0.2) is 0 Å². The lowest BCUT2D eigenvalue weighted by atomic mass is 9.93. The summed E-state index contributed by atoms with van der Waals surface area (Å²) in [5.41, 5.74) is 5.39. The Balaban J connectivity index is 1.86. The van der Waals surface area contributed by atoms with E-state index >= 15 is 0 Å². The van der Waals surface area contributed by atoms with Crippen molar-refractivity contribution in [2.45, 2.75) is 32.5 Å². The van der Waals surface area contributed by atoms with Crippen LogP contribution in [0, 0.1) is 6.92 Å². The number of imidazole rings is 1. The molecule has 1 aromatic heterocycles. The summed E-state index contributed by atoms with van der Waals surface area (Å²) in [5.74, 6) is -0.125. The van der Waals surface area contributed by atoms with E-state index < -0.39 is 12.0 Å². The second kappa shape index (κ2) is 12.8. The number of thioether (sulfide) groups is 1. The van der Waals surface area contributed by atoms with E-state index in [1.165, 1.54) is 0 Å². The fourth-order valence-electron chi connectivity index (χ4n) is 3.61. The molecule has 1 atom stereocenters. The van der Waals surface area contributed by atoms with E-state index in [1.54, 1.807) is 24.3 Å². The molecule has 0 bridgehead atoms. The number of nitrogens with one attached hydrogen (secondary N) is 3. The Morgan fingerprint density at radius 3 is 2.74 bits per heavy atom. The number of carbonyl (C=O) groups is 2. The van der Waals surface area contributed by atoms with E-state index in [-0.39, 0.29) is 5.91 Å². The Hall–Kier alpha value is -3.36. The SMILES string of the molecule is C=COC(=O)[C@H](CCSC)NC(=O)c1ccc(CNCc2cnc[nH]2)cc1-c1ccccc1C. The van der Waals surface area contributed by atoms with E-state index in [9.17, 15) is 9.59 Å². The standard InChI is InChI=1S/C26H30N4O3S/c1-4-33-26(32)24(11-12-34-3)30-25(31)22-10-9-19(14-27-15-20-16-28-17-29-20)13-23(22)21-8-6-5-7-18(21)2/h4-10,13,16-17,24,27H,1,11-12,14-15H2,2-3H3,(H,28,29)(H,30,31)/t24-/m0/s1. The van der Waals surface area contributed by atoms with Gasteiger partial charge in [0, 0.05) is 30.5 Å². The van der Waals surface area contributed by atoms with E-state index in [0.717, 1.165) is 34.2 Å². The van der Waals surface area contributed by atoms with Gasteiger partial charge in [-0.1, -0.05) is 36.9 Å². The largest absolute Gasteiger partial charge is 0.434 e. The molecule has 1 amide bonds. The number of ether oxygens (including phenoxy) is 1. The highest BCUT2D eigenvalue weighted by Crippen LogP contribution is 2.28. The van der Waals surface area contributed by atoms with E-state index in [4.69, 9.17) is 4.74 Å². The Kier molecular flexibility index (Phi) is 9.49. The van der Waals surface area contributed by atoms with Crippen LogP contribution in [0.2, 0.25) is 0 Å². The predicted octanol–water partition coefficient (Wildman–Crippen LogP) is 4.21. The number of amides is 1. The second-order valence-electron chi connectivity index (χ2n) is 7.79. The van der Waals surface area contributed by atoms with Crippen LogP contribution in [0.1, 0.15) is 33.6 Å². The molecule has 2 aromatic carbocycles. The summed E-state index contributed by atoms with van der Waals surface area (Å²) < 4.78 is 4.95. The van der Waals surface area contributed by atoms with E-state index in [0.29, 0.717) is 30.8 Å². The molecule has 34 heavy (non-hydrogen) atoms. The smallest absolute Gasteiger partial charge is 0.333 e. The van der Waals surface area contributed by atoms with Crippen molar-refractivity contribution < 1.29 is 14.3 Å². The van der Waals surface area contributed by atoms with Gasteiger partial charge in [-0.05, 0) is 59.7 Å². The molecule has 0 saturated heterocycles. The van der Waals surface area contributed by atoms with Crippen LogP contribution in [0.25, 0.3) is 11.1 Å². The summed E-state index contributed by atoms with van der Waals surface area (Å²) in [6.07, 6.45) is 6.94. The highest BCUT2D eigenvalue weighted by Gasteiger charge is 2.24. The van der Waals surface area contributed by atoms with Gasteiger partial charge in [0.2, 0.25) is 0 Å². The number of aromatic amines is 1. The summed E-state index contributed by atoms with van der Waals surface area (Å²) >= 11 is 1.60. The lowest BCUT2D eigenvalue weighted by molar-refractivity contribution is -0.140. The maximum absolute atomic E-state index is 13.3. The topological polar surface area (TPSA) is 96.1 Å². The average molecular weight is 479 g/mol. The zero-order valence-corrected chi connectivity index (χ0v) is 20.3. The monoisotopic (exact) mass is 478 g/mol. The van der Waals surface area contributed by atoms with Gasteiger partial charge in [-0.15, -0.1) is 0 Å². The van der Waals surface area contributed by atoms with Crippen molar-refractivity contribution in [3.8, 4) is 11.1 Å². The van der Waals surface area contributed by atoms with E-state index in [2.05, 4.69) is 27.2 Å². The summed E-state index contributed by atoms with van der Waals surface area (Å²) in [6, 6.07) is 13.0. The number of aromatic nitrogens is 2. The zero-order valence-electron chi connectivity index (χ0n) is 19.5. The Bertz CT molecular complexity index is 1110. The maximum atomic E-state index is 13.3. The molecule has 0 aliphatic rings. The van der Waals surface area contributed by atoms with Gasteiger partial charge in [0.05, 0.1) is 12.6 Å². The first kappa shape index (κ1) is 25.3. The molecule has 178 valence electrons. The van der Waals surface area contributed by atoms with Gasteiger partial charge in [-0.3, -0.25) is 4.79 Å². The highest BCUT2D eigenvalue weighted by molar-refractivity contribution is 7.98. The molecule has 0 saturated carbocycles. The molecule has 0 spiro atoms. The van der Waals surface area contributed by atoms with Crippen LogP contribution >= 0.6 is 11.8 Å². The average Bonchev–Trinajstić information content (AvgIpc) is 3.35. The predicted molar refractivity (Wildman–Crippen MR) is 136 cm³/mol. The number of esters is 1. The molecular weight excluding hydrogens is 448 g/mol. The molecule has 7 nitrogen and oxygen atoms in total. The number of rotatable bonds is 12. The van der Waals surface area contributed by atoms with Gasteiger partial charge in [-0.2, -0.15) is 11.8 Å². The Morgan fingerprint density at radius 2 is 2.03 bits per heavy atom. The van der Waals surface area contributed by atoms with Crippen molar-refractivity contribution in [2.75, 3.05) is 12.0 Å². The minimum absolute atomic E-state index is 0.317. The van der Waals surface area contributed by atoms with Crippen LogP contribution in [0.15, 0.2) is 67.8 Å². The number of hydrogen-bond acceptors (Lipinski definition) is 6. The maximum Gasteiger partial charge on any atom is 0.333 e. The summed E-state index contributed by atoms with van der Waals surface area (Å²) in [5, 5.41) is 6.25. The molecule has 3 rings (SSSR count). The summed E-state index contributed by atoms with van der Waals surface area (Å²) in [6.45, 7) is 6.74. The third-order valence-electron chi connectivity index (χ3n) is 5.36. The van der Waals surface area contributed by atoms with Crippen LogP contribution in [-0.2, 0) is 22.6 Å². The van der Waals surface area contributed by atoms with Crippen molar-refractivity contribution in [3.63, 3.8) is 0 Å². The minimum atomic E-state index is -0.751. The van der Waals surface area contributed by atoms with Gasteiger partial charge < -0.3 is 20.4 Å². The van der Waals surface area contributed by atoms with Crippen LogP contribution in [0.3, 0.4) is 0 Å². The molecule has 0 radical (unpaired) electrons. The molecule has 0 aliphatic carbocycles. The third kappa shape index (κ3) is 6.82. The van der Waals surface area contributed by atoms with Gasteiger partial charge >= 0.3 is 5.97 Å². The second-order valence-corrected chi connectivity index (χ2v) is 8.77.